The van der Waals surface area contributed by atoms with Gasteiger partial charge in [0.25, 0.3) is 0 Å². The van der Waals surface area contributed by atoms with E-state index in [1.54, 1.807) is 12.3 Å². The van der Waals surface area contributed by atoms with Crippen LogP contribution in [0.4, 0.5) is 10.1 Å². The number of anilines is 1. The average Bonchev–Trinajstić information content (AvgIpc) is 2.30. The molecule has 0 aliphatic carbocycles. The van der Waals surface area contributed by atoms with Crippen LogP contribution < -0.4 is 5.32 Å². The Morgan fingerprint density at radius 2 is 2.12 bits per heavy atom. The van der Waals surface area contributed by atoms with Crippen LogP contribution in [0.3, 0.4) is 0 Å². The molecule has 17 heavy (non-hydrogen) atoms. The molecule has 2 nitrogen and oxygen atoms in total. The highest BCUT2D eigenvalue weighted by Crippen LogP contribution is 2.23. The number of hydrogen-bond donors (Lipinski definition) is 1. The summed E-state index contributed by atoms with van der Waals surface area (Å²) in [5, 5.41) is 3.17. The molecule has 0 unspecified atom stereocenters. The summed E-state index contributed by atoms with van der Waals surface area (Å²) in [6.45, 7) is 2.62. The molecule has 0 bridgehead atoms. The van der Waals surface area contributed by atoms with E-state index in [1.807, 2.05) is 19.2 Å². The molecule has 0 saturated carbocycles. The van der Waals surface area contributed by atoms with Crippen LogP contribution in [0.25, 0.3) is 0 Å². The first-order valence-corrected chi connectivity index (χ1v) is 6.04. The van der Waals surface area contributed by atoms with Gasteiger partial charge in [-0.3, -0.25) is 4.98 Å². The van der Waals surface area contributed by atoms with Crippen LogP contribution in [-0.4, -0.2) is 4.98 Å². The summed E-state index contributed by atoms with van der Waals surface area (Å²) in [7, 11) is 0. The van der Waals surface area contributed by atoms with Crippen molar-refractivity contribution in [1.82, 2.24) is 4.98 Å². The lowest BCUT2D eigenvalue weighted by atomic mass is 10.2. The third-order valence-corrected chi connectivity index (χ3v) is 3.03. The van der Waals surface area contributed by atoms with Crippen LogP contribution in [0.5, 0.6) is 0 Å². The van der Waals surface area contributed by atoms with Crippen molar-refractivity contribution >= 4 is 21.6 Å². The first-order valence-electron chi connectivity index (χ1n) is 5.24. The summed E-state index contributed by atoms with van der Waals surface area (Å²) >= 11 is 3.37. The molecule has 0 fully saturated rings. The van der Waals surface area contributed by atoms with Gasteiger partial charge in [0.05, 0.1) is 5.69 Å². The lowest BCUT2D eigenvalue weighted by Gasteiger charge is -2.08. The van der Waals surface area contributed by atoms with E-state index in [4.69, 9.17) is 0 Å². The number of nitrogens with one attached hydrogen (secondary N) is 1. The topological polar surface area (TPSA) is 24.9 Å². The highest BCUT2D eigenvalue weighted by molar-refractivity contribution is 9.10. The van der Waals surface area contributed by atoms with Crippen LogP contribution in [0.2, 0.25) is 0 Å². The van der Waals surface area contributed by atoms with Crippen molar-refractivity contribution in [3.63, 3.8) is 0 Å². The summed E-state index contributed by atoms with van der Waals surface area (Å²) in [6, 6.07) is 6.62. The Bertz CT molecular complexity index is 529. The molecule has 2 rings (SSSR count). The lowest BCUT2D eigenvalue weighted by molar-refractivity contribution is 0.628. The van der Waals surface area contributed by atoms with Gasteiger partial charge in [0.2, 0.25) is 0 Å². The Balaban J connectivity index is 2.09. The molecule has 4 heteroatoms. The predicted molar refractivity (Wildman–Crippen MR) is 70.4 cm³/mol. The van der Waals surface area contributed by atoms with Crippen LogP contribution in [0.15, 0.2) is 41.1 Å². The van der Waals surface area contributed by atoms with Crippen LogP contribution in [-0.2, 0) is 6.54 Å². The van der Waals surface area contributed by atoms with Gasteiger partial charge in [-0.25, -0.2) is 4.39 Å². The van der Waals surface area contributed by atoms with Gasteiger partial charge >= 0.3 is 0 Å². The van der Waals surface area contributed by atoms with Gasteiger partial charge in [0.15, 0.2) is 0 Å². The molecule has 1 N–H and O–H groups in total. The van der Waals surface area contributed by atoms with E-state index in [0.29, 0.717) is 6.54 Å². The Morgan fingerprint density at radius 1 is 1.29 bits per heavy atom. The van der Waals surface area contributed by atoms with E-state index in [0.717, 1.165) is 21.3 Å². The molecule has 0 saturated heterocycles. The minimum Gasteiger partial charge on any atom is -0.380 e. The van der Waals surface area contributed by atoms with E-state index >= 15 is 0 Å². The van der Waals surface area contributed by atoms with Gasteiger partial charge in [-0.1, -0.05) is 6.07 Å². The second kappa shape index (κ2) is 5.27. The standard InChI is InChI=1S/C13H12BrFN2/c1-9-4-10(7-16-6-9)8-17-13-5-11(15)2-3-12(13)14/h2-7,17H,8H2,1H3. The first-order chi connectivity index (χ1) is 8.15. The molecular formula is C13H12BrFN2. The number of benzene rings is 1. The highest BCUT2D eigenvalue weighted by atomic mass is 79.9. The van der Waals surface area contributed by atoms with E-state index in [-0.39, 0.29) is 5.82 Å². The van der Waals surface area contributed by atoms with E-state index < -0.39 is 0 Å². The maximum atomic E-state index is 13.1. The van der Waals surface area contributed by atoms with E-state index in [9.17, 15) is 4.39 Å². The molecule has 88 valence electrons. The number of nitrogens with zero attached hydrogens (tertiary/aromatic N) is 1. The average molecular weight is 295 g/mol. The summed E-state index contributed by atoms with van der Waals surface area (Å²) < 4.78 is 13.9. The molecule has 0 aliphatic heterocycles. The molecule has 0 spiro atoms. The summed E-state index contributed by atoms with van der Waals surface area (Å²) in [5.41, 5.74) is 2.93. The van der Waals surface area contributed by atoms with Crippen molar-refractivity contribution in [2.75, 3.05) is 5.32 Å². The van der Waals surface area contributed by atoms with Gasteiger partial charge in [-0.05, 0) is 52.2 Å². The fourth-order valence-corrected chi connectivity index (χ4v) is 1.93. The first kappa shape index (κ1) is 12.0. The fraction of sp³-hybridized carbons (Fsp3) is 0.154. The minimum absolute atomic E-state index is 0.252. The Morgan fingerprint density at radius 3 is 2.88 bits per heavy atom. The van der Waals surface area contributed by atoms with Crippen LogP contribution in [0, 0.1) is 12.7 Å². The number of rotatable bonds is 3. The summed E-state index contributed by atoms with van der Waals surface area (Å²) in [6.07, 6.45) is 3.61. The number of hydrogen-bond acceptors (Lipinski definition) is 2. The predicted octanol–water partition coefficient (Wildman–Crippen LogP) is 3.90. The smallest absolute Gasteiger partial charge is 0.125 e. The van der Waals surface area contributed by atoms with Crippen molar-refractivity contribution in [2.45, 2.75) is 13.5 Å². The van der Waals surface area contributed by atoms with Crippen LogP contribution in [0.1, 0.15) is 11.1 Å². The lowest BCUT2D eigenvalue weighted by Crippen LogP contribution is -2.01. The van der Waals surface area contributed by atoms with Gasteiger partial charge in [0, 0.05) is 23.4 Å². The second-order valence-corrected chi connectivity index (χ2v) is 4.70. The maximum Gasteiger partial charge on any atom is 0.125 e. The minimum atomic E-state index is -0.252. The number of aromatic nitrogens is 1. The van der Waals surface area contributed by atoms with Gasteiger partial charge < -0.3 is 5.32 Å². The van der Waals surface area contributed by atoms with Crippen molar-refractivity contribution in [3.8, 4) is 0 Å². The fourth-order valence-electron chi connectivity index (χ4n) is 1.54. The third-order valence-electron chi connectivity index (χ3n) is 2.34. The molecule has 1 heterocycles. The van der Waals surface area contributed by atoms with Gasteiger partial charge in [0.1, 0.15) is 5.82 Å². The monoisotopic (exact) mass is 294 g/mol. The molecule has 0 aliphatic rings. The van der Waals surface area contributed by atoms with Crippen molar-refractivity contribution in [1.29, 1.82) is 0 Å². The third kappa shape index (κ3) is 3.27. The molecule has 0 atom stereocenters. The molecule has 0 radical (unpaired) electrons. The maximum absolute atomic E-state index is 13.1. The van der Waals surface area contributed by atoms with Crippen molar-refractivity contribution in [3.05, 3.63) is 58.1 Å². The Kier molecular flexibility index (Phi) is 3.74. The molecular weight excluding hydrogens is 283 g/mol. The van der Waals surface area contributed by atoms with Gasteiger partial charge in [-0.2, -0.15) is 0 Å². The van der Waals surface area contributed by atoms with Gasteiger partial charge in [-0.15, -0.1) is 0 Å². The quantitative estimate of drug-likeness (QED) is 0.928. The van der Waals surface area contributed by atoms with Crippen molar-refractivity contribution < 1.29 is 4.39 Å². The molecule has 0 amide bonds. The van der Waals surface area contributed by atoms with Crippen molar-refractivity contribution in [2.24, 2.45) is 0 Å². The summed E-state index contributed by atoms with van der Waals surface area (Å²) in [4.78, 5) is 4.11. The van der Waals surface area contributed by atoms with E-state index in [1.165, 1.54) is 12.1 Å². The number of pyridine rings is 1. The molecule has 1 aromatic heterocycles. The number of halogens is 2. The Labute approximate surface area is 108 Å². The zero-order valence-electron chi connectivity index (χ0n) is 9.37. The molecule has 1 aromatic carbocycles. The van der Waals surface area contributed by atoms with Crippen LogP contribution >= 0.6 is 15.9 Å². The normalized spacial score (nSPS) is 10.3. The Hall–Kier alpha value is -1.42. The SMILES string of the molecule is Cc1cncc(CNc2cc(F)ccc2Br)c1. The highest BCUT2D eigenvalue weighted by Gasteiger charge is 2.01. The summed E-state index contributed by atoms with van der Waals surface area (Å²) in [5.74, 6) is -0.252. The number of aryl methyl sites for hydroxylation is 1. The zero-order chi connectivity index (χ0) is 12.3. The largest absolute Gasteiger partial charge is 0.380 e. The second-order valence-electron chi connectivity index (χ2n) is 3.85. The zero-order valence-corrected chi connectivity index (χ0v) is 11.0. The van der Waals surface area contributed by atoms with E-state index in [2.05, 4.69) is 26.2 Å². The molecule has 2 aromatic rings.